The van der Waals surface area contributed by atoms with Crippen LogP contribution in [0.15, 0.2) is 53.7 Å². The number of aromatic nitrogens is 3. The van der Waals surface area contributed by atoms with Gasteiger partial charge in [-0.05, 0) is 43.4 Å². The Labute approximate surface area is 163 Å². The number of H-pyrrole nitrogens is 1. The lowest BCUT2D eigenvalue weighted by molar-refractivity contribution is -0.0272. The molecule has 3 heterocycles. The zero-order valence-corrected chi connectivity index (χ0v) is 16.1. The topological polar surface area (TPSA) is 72.4 Å². The molecule has 1 unspecified atom stereocenters. The van der Waals surface area contributed by atoms with Gasteiger partial charge in [0, 0.05) is 24.8 Å². The molecular formula is C21H24N4O3. The average molecular weight is 380 g/mol. The molecule has 0 saturated carbocycles. The highest BCUT2D eigenvalue weighted by atomic mass is 16.5. The molecular weight excluding hydrogens is 356 g/mol. The maximum Gasteiger partial charge on any atom is 0.257 e. The van der Waals surface area contributed by atoms with E-state index < -0.39 is 0 Å². The van der Waals surface area contributed by atoms with Gasteiger partial charge >= 0.3 is 0 Å². The van der Waals surface area contributed by atoms with Crippen molar-refractivity contribution in [1.29, 1.82) is 0 Å². The second kappa shape index (κ2) is 8.00. The molecule has 1 aliphatic rings. The van der Waals surface area contributed by atoms with E-state index in [1.807, 2.05) is 41.0 Å². The van der Waals surface area contributed by atoms with Crippen molar-refractivity contribution in [3.63, 3.8) is 0 Å². The highest BCUT2D eigenvalue weighted by Gasteiger charge is 2.23. The summed E-state index contributed by atoms with van der Waals surface area (Å²) in [5, 5.41) is 0. The zero-order valence-electron chi connectivity index (χ0n) is 16.1. The highest BCUT2D eigenvalue weighted by Crippen LogP contribution is 2.31. The lowest BCUT2D eigenvalue weighted by Crippen LogP contribution is -2.42. The van der Waals surface area contributed by atoms with Gasteiger partial charge in [-0.1, -0.05) is 0 Å². The summed E-state index contributed by atoms with van der Waals surface area (Å²) in [5.41, 5.74) is 2.95. The Morgan fingerprint density at radius 1 is 1.29 bits per heavy atom. The normalized spacial score (nSPS) is 17.6. The molecule has 0 bridgehead atoms. The van der Waals surface area contributed by atoms with E-state index in [9.17, 15) is 4.79 Å². The molecule has 7 heteroatoms. The second-order valence-corrected chi connectivity index (χ2v) is 6.99. The van der Waals surface area contributed by atoms with Gasteiger partial charge in [-0.25, -0.2) is 4.98 Å². The first-order valence-electron chi connectivity index (χ1n) is 9.33. The van der Waals surface area contributed by atoms with E-state index in [1.54, 1.807) is 19.6 Å². The molecule has 1 saturated heterocycles. The highest BCUT2D eigenvalue weighted by molar-refractivity contribution is 5.78. The molecule has 1 aromatic carbocycles. The van der Waals surface area contributed by atoms with Gasteiger partial charge in [0.25, 0.3) is 5.56 Å². The van der Waals surface area contributed by atoms with E-state index in [0.717, 1.165) is 35.8 Å². The third-order valence-corrected chi connectivity index (χ3v) is 5.02. The number of rotatable bonds is 5. The fourth-order valence-corrected chi connectivity index (χ4v) is 3.57. The van der Waals surface area contributed by atoms with Crippen LogP contribution < -0.4 is 10.3 Å². The number of hydrogen-bond acceptors (Lipinski definition) is 5. The predicted octanol–water partition coefficient (Wildman–Crippen LogP) is 2.24. The minimum atomic E-state index is -0.138. The van der Waals surface area contributed by atoms with Gasteiger partial charge in [0.15, 0.2) is 0 Å². The summed E-state index contributed by atoms with van der Waals surface area (Å²) < 4.78 is 13.2. The molecule has 3 aromatic rings. The summed E-state index contributed by atoms with van der Waals surface area (Å²) >= 11 is 0. The molecule has 0 radical (unpaired) electrons. The van der Waals surface area contributed by atoms with Crippen LogP contribution in [0.2, 0.25) is 0 Å². The molecule has 146 valence electrons. The van der Waals surface area contributed by atoms with Gasteiger partial charge in [0.2, 0.25) is 0 Å². The van der Waals surface area contributed by atoms with Crippen LogP contribution in [0.5, 0.6) is 5.75 Å². The Morgan fingerprint density at radius 2 is 2.11 bits per heavy atom. The molecule has 0 aliphatic carbocycles. The molecule has 4 rings (SSSR count). The molecule has 1 atom stereocenters. The molecule has 28 heavy (non-hydrogen) atoms. The molecule has 1 N–H and O–H groups in total. The van der Waals surface area contributed by atoms with Crippen molar-refractivity contribution in [3.05, 3.63) is 59.3 Å². The van der Waals surface area contributed by atoms with E-state index in [4.69, 9.17) is 9.47 Å². The van der Waals surface area contributed by atoms with Crippen LogP contribution in [0.1, 0.15) is 0 Å². The largest absolute Gasteiger partial charge is 0.497 e. The Bertz CT molecular complexity index is 993. The van der Waals surface area contributed by atoms with Gasteiger partial charge < -0.3 is 23.9 Å². The van der Waals surface area contributed by atoms with Gasteiger partial charge in [-0.15, -0.1) is 0 Å². The van der Waals surface area contributed by atoms with Gasteiger partial charge in [0.1, 0.15) is 5.75 Å². The number of imidazole rings is 1. The third kappa shape index (κ3) is 3.72. The number of ether oxygens (including phenoxy) is 2. The first-order valence-corrected chi connectivity index (χ1v) is 9.33. The van der Waals surface area contributed by atoms with Gasteiger partial charge in [0.05, 0.1) is 49.6 Å². The van der Waals surface area contributed by atoms with Crippen molar-refractivity contribution in [2.75, 3.05) is 33.9 Å². The Morgan fingerprint density at radius 3 is 2.82 bits per heavy atom. The van der Waals surface area contributed by atoms with Crippen molar-refractivity contribution in [3.8, 4) is 28.3 Å². The van der Waals surface area contributed by atoms with Crippen molar-refractivity contribution >= 4 is 0 Å². The number of methoxy groups -OCH3 is 1. The molecule has 1 aliphatic heterocycles. The van der Waals surface area contributed by atoms with E-state index >= 15 is 0 Å². The number of nitrogens with zero attached hydrogens (tertiary/aromatic N) is 3. The minimum absolute atomic E-state index is 0.0539. The number of aromatic amines is 1. The smallest absolute Gasteiger partial charge is 0.257 e. The van der Waals surface area contributed by atoms with Crippen LogP contribution in [0.25, 0.3) is 22.5 Å². The maximum absolute atomic E-state index is 12.5. The second-order valence-electron chi connectivity index (χ2n) is 6.99. The average Bonchev–Trinajstić information content (AvgIpc) is 3.11. The number of benzene rings is 1. The number of nitrogens with one attached hydrogen (secondary N) is 1. The summed E-state index contributed by atoms with van der Waals surface area (Å²) in [5.74, 6) is 0.779. The van der Waals surface area contributed by atoms with E-state index in [1.165, 1.54) is 0 Å². The van der Waals surface area contributed by atoms with E-state index in [2.05, 4.69) is 21.9 Å². The maximum atomic E-state index is 12.5. The van der Waals surface area contributed by atoms with Crippen LogP contribution in [0.3, 0.4) is 0 Å². The number of pyridine rings is 1. The quantitative estimate of drug-likeness (QED) is 0.735. The lowest BCUT2D eigenvalue weighted by atomic mass is 10.1. The summed E-state index contributed by atoms with van der Waals surface area (Å²) in [4.78, 5) is 22.2. The number of likely N-dealkylation sites (N-methyl/N-ethyl adjacent to an activating group) is 1. The zero-order chi connectivity index (χ0) is 19.5. The van der Waals surface area contributed by atoms with Crippen LogP contribution in [-0.2, 0) is 11.3 Å². The summed E-state index contributed by atoms with van der Waals surface area (Å²) in [6.45, 7) is 3.13. The molecule has 0 spiro atoms. The monoisotopic (exact) mass is 380 g/mol. The van der Waals surface area contributed by atoms with E-state index in [0.29, 0.717) is 18.7 Å². The molecule has 7 nitrogen and oxygen atoms in total. The van der Waals surface area contributed by atoms with Crippen LogP contribution in [0.4, 0.5) is 0 Å². The summed E-state index contributed by atoms with van der Waals surface area (Å²) in [7, 11) is 3.73. The summed E-state index contributed by atoms with van der Waals surface area (Å²) in [6.07, 6.45) is 3.48. The van der Waals surface area contributed by atoms with Crippen LogP contribution in [0, 0.1) is 0 Å². The van der Waals surface area contributed by atoms with E-state index in [-0.39, 0.29) is 11.7 Å². The van der Waals surface area contributed by atoms with Crippen molar-refractivity contribution < 1.29 is 9.47 Å². The summed E-state index contributed by atoms with van der Waals surface area (Å²) in [6, 6.07) is 11.4. The standard InChI is InChI=1S/C21H24N4O3/c1-24-10-11-28-17(12-24)13-25-14-23-19(15-5-7-16(27-2)8-6-15)20(25)18-4-3-9-22-21(18)26/h3-9,14,17H,10-13H2,1-2H3,(H,22,26). The van der Waals surface area contributed by atoms with Crippen LogP contribution >= 0.6 is 0 Å². The minimum Gasteiger partial charge on any atom is -0.497 e. The lowest BCUT2D eigenvalue weighted by Gasteiger charge is -2.30. The Balaban J connectivity index is 1.77. The predicted molar refractivity (Wildman–Crippen MR) is 108 cm³/mol. The SMILES string of the molecule is COc1ccc(-c2ncn(CC3CN(C)CCO3)c2-c2ccc[nH]c2=O)cc1. The molecule has 1 fully saturated rings. The Kier molecular flexibility index (Phi) is 5.27. The fourth-order valence-electron chi connectivity index (χ4n) is 3.57. The molecule has 2 aromatic heterocycles. The fraction of sp³-hybridized carbons (Fsp3) is 0.333. The number of morpholine rings is 1. The van der Waals surface area contributed by atoms with Crippen molar-refractivity contribution in [2.45, 2.75) is 12.6 Å². The first-order chi connectivity index (χ1) is 13.7. The van der Waals surface area contributed by atoms with Gasteiger partial charge in [-0.3, -0.25) is 4.79 Å². The van der Waals surface area contributed by atoms with Gasteiger partial charge in [-0.2, -0.15) is 0 Å². The third-order valence-electron chi connectivity index (χ3n) is 5.02. The molecule has 0 amide bonds. The van der Waals surface area contributed by atoms with Crippen molar-refractivity contribution in [2.24, 2.45) is 0 Å². The first kappa shape index (κ1) is 18.5. The van der Waals surface area contributed by atoms with Crippen molar-refractivity contribution in [1.82, 2.24) is 19.4 Å². The Hall–Kier alpha value is -2.90. The van der Waals surface area contributed by atoms with Crippen LogP contribution in [-0.4, -0.2) is 59.4 Å². The number of hydrogen-bond donors (Lipinski definition) is 1.